The van der Waals surface area contributed by atoms with Crippen LogP contribution in [0.15, 0.2) is 60.8 Å². The van der Waals surface area contributed by atoms with Gasteiger partial charge in [0.1, 0.15) is 11.6 Å². The molecule has 30 heavy (non-hydrogen) atoms. The van der Waals surface area contributed by atoms with Gasteiger partial charge in [-0.2, -0.15) is 0 Å². The summed E-state index contributed by atoms with van der Waals surface area (Å²) in [6.07, 6.45) is 5.11. The minimum absolute atomic E-state index is 0.0838. The summed E-state index contributed by atoms with van der Waals surface area (Å²) in [6.45, 7) is 4.47. The smallest absolute Gasteiger partial charge is 0.226 e. The maximum absolute atomic E-state index is 13.4. The van der Waals surface area contributed by atoms with Crippen LogP contribution in [0.4, 0.5) is 4.39 Å². The number of benzene rings is 2. The Morgan fingerprint density at radius 3 is 2.53 bits per heavy atom. The molecule has 0 bridgehead atoms. The number of hydrogen-bond donors (Lipinski definition) is 0. The first kappa shape index (κ1) is 20.3. The molecule has 5 heteroatoms. The average Bonchev–Trinajstić information content (AvgIpc) is 3.08. The van der Waals surface area contributed by atoms with Crippen molar-refractivity contribution in [3.63, 3.8) is 0 Å². The molecule has 0 unspecified atom stereocenters. The van der Waals surface area contributed by atoms with E-state index >= 15 is 0 Å². The van der Waals surface area contributed by atoms with Crippen molar-refractivity contribution in [1.82, 2.24) is 14.5 Å². The summed E-state index contributed by atoms with van der Waals surface area (Å²) < 4.78 is 15.7. The van der Waals surface area contributed by atoms with Gasteiger partial charge in [-0.15, -0.1) is 0 Å². The molecule has 4 rings (SSSR count). The first-order chi connectivity index (χ1) is 14.6. The Kier molecular flexibility index (Phi) is 6.26. The normalized spacial score (nSPS) is 14.8. The summed E-state index contributed by atoms with van der Waals surface area (Å²) in [4.78, 5) is 19.2. The maximum Gasteiger partial charge on any atom is 0.226 e. The van der Waals surface area contributed by atoms with Gasteiger partial charge in [-0.25, -0.2) is 9.37 Å². The number of aryl methyl sites for hydroxylation is 1. The van der Waals surface area contributed by atoms with Crippen LogP contribution in [-0.4, -0.2) is 33.4 Å². The van der Waals surface area contributed by atoms with Gasteiger partial charge >= 0.3 is 0 Å². The number of carbonyl (C=O) groups excluding carboxylic acids is 1. The number of carbonyl (C=O) groups is 1. The van der Waals surface area contributed by atoms with Crippen molar-refractivity contribution in [3.8, 4) is 0 Å². The van der Waals surface area contributed by atoms with E-state index in [4.69, 9.17) is 0 Å². The highest BCUT2D eigenvalue weighted by molar-refractivity contribution is 5.78. The van der Waals surface area contributed by atoms with Crippen LogP contribution in [0.25, 0.3) is 0 Å². The van der Waals surface area contributed by atoms with Gasteiger partial charge < -0.3 is 9.47 Å². The largest absolute Gasteiger partial charge is 0.342 e. The molecule has 0 spiro atoms. The highest BCUT2D eigenvalue weighted by Crippen LogP contribution is 2.23. The van der Waals surface area contributed by atoms with Crippen molar-refractivity contribution in [2.75, 3.05) is 13.1 Å². The minimum Gasteiger partial charge on any atom is -0.342 e. The van der Waals surface area contributed by atoms with Crippen molar-refractivity contribution >= 4 is 5.91 Å². The van der Waals surface area contributed by atoms with Gasteiger partial charge in [-0.3, -0.25) is 4.79 Å². The lowest BCUT2D eigenvalue weighted by atomic mass is 9.92. The predicted octanol–water partition coefficient (Wildman–Crippen LogP) is 4.40. The standard InChI is InChI=1S/C25H28FN3O/c1-19-17-27-24(29(19)18-21-6-3-2-4-7-21)15-20-10-12-28(13-11-20)25(30)16-22-8-5-9-23(26)14-22/h2-9,14,17,20H,10-13,15-16,18H2,1H3. The van der Waals surface area contributed by atoms with E-state index in [-0.39, 0.29) is 18.1 Å². The van der Waals surface area contributed by atoms with Gasteiger partial charge in [-0.05, 0) is 48.9 Å². The zero-order valence-corrected chi connectivity index (χ0v) is 17.4. The van der Waals surface area contributed by atoms with E-state index in [0.29, 0.717) is 5.92 Å². The van der Waals surface area contributed by atoms with Gasteiger partial charge in [0.05, 0.1) is 6.42 Å². The summed E-state index contributed by atoms with van der Waals surface area (Å²) in [5.74, 6) is 1.45. The second-order valence-corrected chi connectivity index (χ2v) is 8.22. The van der Waals surface area contributed by atoms with Gasteiger partial charge in [0.25, 0.3) is 0 Å². The van der Waals surface area contributed by atoms with Gasteiger partial charge in [-0.1, -0.05) is 42.5 Å². The van der Waals surface area contributed by atoms with Crippen molar-refractivity contribution in [2.24, 2.45) is 5.92 Å². The molecule has 1 aromatic heterocycles. The second kappa shape index (κ2) is 9.24. The molecule has 1 fully saturated rings. The molecule has 0 atom stereocenters. The molecule has 1 saturated heterocycles. The van der Waals surface area contributed by atoms with Crippen LogP contribution in [0.1, 0.15) is 35.5 Å². The summed E-state index contributed by atoms with van der Waals surface area (Å²) in [5.41, 5.74) is 3.19. The Bertz CT molecular complexity index is 991. The average molecular weight is 406 g/mol. The lowest BCUT2D eigenvalue weighted by Crippen LogP contribution is -2.39. The number of rotatable bonds is 6. The summed E-state index contributed by atoms with van der Waals surface area (Å²) in [7, 11) is 0. The molecular weight excluding hydrogens is 377 g/mol. The van der Waals surface area contributed by atoms with E-state index in [0.717, 1.165) is 50.3 Å². The molecular formula is C25H28FN3O. The number of likely N-dealkylation sites (tertiary alicyclic amines) is 1. The highest BCUT2D eigenvalue weighted by atomic mass is 19.1. The zero-order valence-electron chi connectivity index (χ0n) is 17.4. The molecule has 1 aliphatic heterocycles. The summed E-state index contributed by atoms with van der Waals surface area (Å²) >= 11 is 0. The van der Waals surface area contributed by atoms with Gasteiger partial charge in [0, 0.05) is 37.9 Å². The number of amides is 1. The van der Waals surface area contributed by atoms with Crippen molar-refractivity contribution in [2.45, 2.75) is 39.2 Å². The number of nitrogens with zero attached hydrogens (tertiary/aromatic N) is 3. The number of aromatic nitrogens is 2. The van der Waals surface area contributed by atoms with Crippen LogP contribution in [0.3, 0.4) is 0 Å². The van der Waals surface area contributed by atoms with Crippen LogP contribution < -0.4 is 0 Å². The monoisotopic (exact) mass is 405 g/mol. The van der Waals surface area contributed by atoms with E-state index in [1.807, 2.05) is 23.2 Å². The SMILES string of the molecule is Cc1cnc(CC2CCN(C(=O)Cc3cccc(F)c3)CC2)n1Cc1ccccc1. The molecule has 156 valence electrons. The third kappa shape index (κ3) is 4.96. The fraction of sp³-hybridized carbons (Fsp3) is 0.360. The third-order valence-electron chi connectivity index (χ3n) is 6.00. The Hall–Kier alpha value is -2.95. The number of imidazole rings is 1. The zero-order chi connectivity index (χ0) is 20.9. The Morgan fingerprint density at radius 1 is 1.07 bits per heavy atom. The molecule has 0 N–H and O–H groups in total. The molecule has 0 saturated carbocycles. The Balaban J connectivity index is 1.32. The molecule has 3 aromatic rings. The fourth-order valence-corrected chi connectivity index (χ4v) is 4.23. The molecule has 0 radical (unpaired) electrons. The van der Waals surface area contributed by atoms with Gasteiger partial charge in [0.2, 0.25) is 5.91 Å². The van der Waals surface area contributed by atoms with Crippen LogP contribution in [-0.2, 0) is 24.2 Å². The Labute approximate surface area is 177 Å². The van der Waals surface area contributed by atoms with Crippen LogP contribution >= 0.6 is 0 Å². The Morgan fingerprint density at radius 2 is 1.80 bits per heavy atom. The van der Waals surface area contributed by atoms with Gasteiger partial charge in [0.15, 0.2) is 0 Å². The number of hydrogen-bond acceptors (Lipinski definition) is 2. The molecule has 2 heterocycles. The minimum atomic E-state index is -0.291. The van der Waals surface area contributed by atoms with Crippen LogP contribution in [0.2, 0.25) is 0 Å². The van der Waals surface area contributed by atoms with E-state index in [2.05, 4.69) is 40.7 Å². The molecule has 1 aliphatic rings. The lowest BCUT2D eigenvalue weighted by Gasteiger charge is -2.32. The van der Waals surface area contributed by atoms with E-state index in [9.17, 15) is 9.18 Å². The van der Waals surface area contributed by atoms with Crippen LogP contribution in [0, 0.1) is 18.7 Å². The first-order valence-electron chi connectivity index (χ1n) is 10.7. The first-order valence-corrected chi connectivity index (χ1v) is 10.7. The lowest BCUT2D eigenvalue weighted by molar-refractivity contribution is -0.131. The number of piperidine rings is 1. The van der Waals surface area contributed by atoms with Crippen molar-refractivity contribution in [1.29, 1.82) is 0 Å². The maximum atomic E-state index is 13.4. The van der Waals surface area contributed by atoms with Crippen LogP contribution in [0.5, 0.6) is 0 Å². The highest BCUT2D eigenvalue weighted by Gasteiger charge is 2.24. The number of halogens is 1. The second-order valence-electron chi connectivity index (χ2n) is 8.22. The molecule has 4 nitrogen and oxygen atoms in total. The topological polar surface area (TPSA) is 38.1 Å². The fourth-order valence-electron chi connectivity index (χ4n) is 4.23. The van der Waals surface area contributed by atoms with Crippen molar-refractivity contribution < 1.29 is 9.18 Å². The molecule has 0 aliphatic carbocycles. The third-order valence-corrected chi connectivity index (χ3v) is 6.00. The summed E-state index contributed by atoms with van der Waals surface area (Å²) in [6, 6.07) is 16.8. The summed E-state index contributed by atoms with van der Waals surface area (Å²) in [5, 5.41) is 0. The van der Waals surface area contributed by atoms with E-state index < -0.39 is 0 Å². The quantitative estimate of drug-likeness (QED) is 0.610. The van der Waals surface area contributed by atoms with Crippen molar-refractivity contribution in [3.05, 3.63) is 89.3 Å². The predicted molar refractivity (Wildman–Crippen MR) is 116 cm³/mol. The molecule has 1 amide bonds. The molecule has 2 aromatic carbocycles. The van der Waals surface area contributed by atoms with E-state index in [1.54, 1.807) is 6.07 Å². The van der Waals surface area contributed by atoms with E-state index in [1.165, 1.54) is 23.4 Å².